The molecule has 0 aromatic rings. The summed E-state index contributed by atoms with van der Waals surface area (Å²) in [6, 6.07) is 0. The monoisotopic (exact) mass is 339 g/mol. The Labute approximate surface area is 148 Å². The molecule has 2 unspecified atom stereocenters. The highest BCUT2D eigenvalue weighted by molar-refractivity contribution is 5.80. The van der Waals surface area contributed by atoms with Crippen molar-refractivity contribution in [1.29, 1.82) is 0 Å². The second-order valence-electron chi connectivity index (χ2n) is 8.16. The summed E-state index contributed by atoms with van der Waals surface area (Å²) in [5.74, 6) is 1.04. The van der Waals surface area contributed by atoms with E-state index in [1.54, 1.807) is 0 Å². The van der Waals surface area contributed by atoms with Crippen LogP contribution in [0.4, 0.5) is 0 Å². The topological polar surface area (TPSA) is 46.1 Å². The van der Waals surface area contributed by atoms with E-state index in [1.165, 1.54) is 12.8 Å². The van der Waals surface area contributed by atoms with Gasteiger partial charge in [0.05, 0.1) is 12.7 Å². The van der Waals surface area contributed by atoms with Crippen molar-refractivity contribution in [3.8, 4) is 0 Å². The molecular formula is C19H37N3O2. The second kappa shape index (κ2) is 9.62. The molecule has 0 spiro atoms. The van der Waals surface area contributed by atoms with Crippen LogP contribution >= 0.6 is 0 Å². The number of ether oxygens (including phenoxy) is 2. The van der Waals surface area contributed by atoms with E-state index < -0.39 is 0 Å². The molecule has 2 atom stereocenters. The molecule has 24 heavy (non-hydrogen) atoms. The summed E-state index contributed by atoms with van der Waals surface area (Å²) in [5.41, 5.74) is 0.424. The predicted molar refractivity (Wildman–Crippen MR) is 99.6 cm³/mol. The Morgan fingerprint density at radius 1 is 1.17 bits per heavy atom. The number of nitrogens with one attached hydrogen (secondary N) is 1. The van der Waals surface area contributed by atoms with Crippen LogP contribution < -0.4 is 5.32 Å². The van der Waals surface area contributed by atoms with E-state index in [4.69, 9.17) is 14.5 Å². The normalized spacial score (nSPS) is 26.0. The van der Waals surface area contributed by atoms with Gasteiger partial charge < -0.3 is 19.7 Å². The lowest BCUT2D eigenvalue weighted by atomic mass is 9.90. The molecule has 2 aliphatic rings. The zero-order valence-electron chi connectivity index (χ0n) is 16.1. The summed E-state index contributed by atoms with van der Waals surface area (Å²) in [4.78, 5) is 7.20. The average molecular weight is 340 g/mol. The van der Waals surface area contributed by atoms with Gasteiger partial charge in [0.25, 0.3) is 0 Å². The number of rotatable bonds is 6. The van der Waals surface area contributed by atoms with Crippen molar-refractivity contribution in [2.75, 3.05) is 39.4 Å². The summed E-state index contributed by atoms with van der Waals surface area (Å²) in [7, 11) is 0. The van der Waals surface area contributed by atoms with Crippen molar-refractivity contribution in [2.24, 2.45) is 10.4 Å². The summed E-state index contributed by atoms with van der Waals surface area (Å²) in [5, 5.41) is 3.45. The number of hydrogen-bond donors (Lipinski definition) is 1. The third kappa shape index (κ3) is 6.60. The van der Waals surface area contributed by atoms with Gasteiger partial charge in [0, 0.05) is 32.8 Å². The van der Waals surface area contributed by atoms with Crippen molar-refractivity contribution in [2.45, 2.75) is 72.0 Å². The quantitative estimate of drug-likeness (QED) is 0.459. The molecule has 0 radical (unpaired) electrons. The molecule has 2 saturated heterocycles. The van der Waals surface area contributed by atoms with Gasteiger partial charge in [-0.2, -0.15) is 0 Å². The van der Waals surface area contributed by atoms with Crippen LogP contribution in [-0.4, -0.2) is 62.5 Å². The van der Waals surface area contributed by atoms with Crippen LogP contribution in [-0.2, 0) is 9.47 Å². The fraction of sp³-hybridized carbons (Fsp3) is 0.947. The Morgan fingerprint density at radius 2 is 1.96 bits per heavy atom. The van der Waals surface area contributed by atoms with Gasteiger partial charge in [0.15, 0.2) is 5.96 Å². The third-order valence-electron chi connectivity index (χ3n) is 4.70. The first-order valence-electron chi connectivity index (χ1n) is 9.76. The molecule has 140 valence electrons. The Morgan fingerprint density at radius 3 is 2.62 bits per heavy atom. The lowest BCUT2D eigenvalue weighted by Gasteiger charge is -2.37. The van der Waals surface area contributed by atoms with Crippen molar-refractivity contribution in [3.63, 3.8) is 0 Å². The number of morpholine rings is 1. The average Bonchev–Trinajstić information content (AvgIpc) is 3.07. The van der Waals surface area contributed by atoms with E-state index in [2.05, 4.69) is 37.9 Å². The molecule has 2 fully saturated rings. The van der Waals surface area contributed by atoms with Crippen molar-refractivity contribution in [3.05, 3.63) is 0 Å². The Hall–Kier alpha value is -0.810. The van der Waals surface area contributed by atoms with Crippen molar-refractivity contribution in [1.82, 2.24) is 10.2 Å². The van der Waals surface area contributed by atoms with Gasteiger partial charge in [0.2, 0.25) is 0 Å². The Kier molecular flexibility index (Phi) is 7.82. The molecule has 0 aliphatic carbocycles. The molecule has 2 aliphatic heterocycles. The molecule has 2 heterocycles. The van der Waals surface area contributed by atoms with E-state index in [1.807, 2.05) is 0 Å². The summed E-state index contributed by atoms with van der Waals surface area (Å²) in [6.07, 6.45) is 6.40. The van der Waals surface area contributed by atoms with Gasteiger partial charge >= 0.3 is 0 Å². The molecule has 0 saturated carbocycles. The smallest absolute Gasteiger partial charge is 0.194 e. The fourth-order valence-corrected chi connectivity index (χ4v) is 3.37. The van der Waals surface area contributed by atoms with Gasteiger partial charge in [-0.15, -0.1) is 0 Å². The van der Waals surface area contributed by atoms with Crippen LogP contribution in [0.1, 0.15) is 59.8 Å². The maximum atomic E-state index is 5.95. The minimum absolute atomic E-state index is 0.186. The predicted octanol–water partition coefficient (Wildman–Crippen LogP) is 3.05. The van der Waals surface area contributed by atoms with E-state index in [0.717, 1.165) is 64.6 Å². The van der Waals surface area contributed by atoms with Crippen LogP contribution in [0.25, 0.3) is 0 Å². The van der Waals surface area contributed by atoms with Gasteiger partial charge in [-0.3, -0.25) is 4.99 Å². The highest BCUT2D eigenvalue weighted by Gasteiger charge is 2.32. The van der Waals surface area contributed by atoms with Gasteiger partial charge in [-0.1, -0.05) is 27.2 Å². The first-order chi connectivity index (χ1) is 11.5. The zero-order chi connectivity index (χ0) is 17.4. The lowest BCUT2D eigenvalue weighted by molar-refractivity contribution is -0.0817. The molecule has 0 aromatic heterocycles. The van der Waals surface area contributed by atoms with E-state index in [0.29, 0.717) is 5.41 Å². The first-order valence-corrected chi connectivity index (χ1v) is 9.76. The highest BCUT2D eigenvalue weighted by atomic mass is 16.5. The number of guanidine groups is 1. The summed E-state index contributed by atoms with van der Waals surface area (Å²) < 4.78 is 11.8. The number of aliphatic imine (C=N–C) groups is 1. The summed E-state index contributed by atoms with van der Waals surface area (Å²) >= 11 is 0. The molecular weight excluding hydrogens is 302 g/mol. The van der Waals surface area contributed by atoms with Gasteiger partial charge in [-0.05, 0) is 38.0 Å². The van der Waals surface area contributed by atoms with E-state index >= 15 is 0 Å². The van der Waals surface area contributed by atoms with Crippen molar-refractivity contribution < 1.29 is 9.47 Å². The lowest BCUT2D eigenvalue weighted by Crippen LogP contribution is -2.53. The highest BCUT2D eigenvalue weighted by Crippen LogP contribution is 2.22. The number of nitrogens with zero attached hydrogens (tertiary/aromatic N) is 2. The first kappa shape index (κ1) is 19.5. The number of hydrogen-bond acceptors (Lipinski definition) is 3. The minimum atomic E-state index is 0.186. The Bertz CT molecular complexity index is 387. The molecule has 5 heteroatoms. The van der Waals surface area contributed by atoms with Crippen LogP contribution in [0.15, 0.2) is 4.99 Å². The molecule has 0 bridgehead atoms. The van der Waals surface area contributed by atoms with Crippen molar-refractivity contribution >= 4 is 5.96 Å². The zero-order valence-corrected chi connectivity index (χ0v) is 16.1. The molecule has 5 nitrogen and oxygen atoms in total. The molecule has 2 rings (SSSR count). The number of unbranched alkanes of at least 4 members (excludes halogenated alkanes) is 1. The largest absolute Gasteiger partial charge is 0.375 e. The minimum Gasteiger partial charge on any atom is -0.375 e. The van der Waals surface area contributed by atoms with Crippen LogP contribution in [0.2, 0.25) is 0 Å². The molecule has 1 N–H and O–H groups in total. The molecule has 0 amide bonds. The van der Waals surface area contributed by atoms with Gasteiger partial charge in [-0.25, -0.2) is 0 Å². The fourth-order valence-electron chi connectivity index (χ4n) is 3.37. The molecule has 0 aromatic carbocycles. The Balaban J connectivity index is 1.82. The maximum absolute atomic E-state index is 5.95. The second-order valence-corrected chi connectivity index (χ2v) is 8.16. The van der Waals surface area contributed by atoms with Crippen LogP contribution in [0.5, 0.6) is 0 Å². The maximum Gasteiger partial charge on any atom is 0.194 e. The standard InChI is InChI=1S/C19H37N3O2/c1-5-20-18(21-11-7-6-10-19(2,3)4)22-12-14-24-17(15-22)16-9-8-13-23-16/h16-17H,5-15H2,1-4H3,(H,20,21). The van der Waals surface area contributed by atoms with Gasteiger partial charge in [0.1, 0.15) is 6.10 Å². The summed E-state index contributed by atoms with van der Waals surface area (Å²) in [6.45, 7) is 14.3. The third-order valence-corrected chi connectivity index (χ3v) is 4.70. The van der Waals surface area contributed by atoms with Crippen LogP contribution in [0.3, 0.4) is 0 Å². The van der Waals surface area contributed by atoms with Crippen LogP contribution in [0, 0.1) is 5.41 Å². The SMILES string of the molecule is CCNC(=NCCCCC(C)(C)C)N1CCOC(C2CCCO2)C1. The van der Waals surface area contributed by atoms with E-state index in [9.17, 15) is 0 Å². The van der Waals surface area contributed by atoms with E-state index in [-0.39, 0.29) is 12.2 Å².